The Morgan fingerprint density at radius 2 is 1.04 bits per heavy atom. The Balaban J connectivity index is 2.51. The Bertz CT molecular complexity index is 1450. The lowest BCUT2D eigenvalue weighted by Crippen LogP contribution is -2.60. The van der Waals surface area contributed by atoms with Gasteiger partial charge in [0, 0.05) is 0 Å². The maximum Gasteiger partial charge on any atom is 0.187 e. The van der Waals surface area contributed by atoms with Gasteiger partial charge in [-0.05, 0) is 101 Å². The zero-order chi connectivity index (χ0) is 39.1. The minimum atomic E-state index is -1.45. The normalized spacial score (nSPS) is 23.8. The van der Waals surface area contributed by atoms with Crippen molar-refractivity contribution in [2.24, 2.45) is 0 Å². The van der Waals surface area contributed by atoms with Crippen LogP contribution in [0.1, 0.15) is 101 Å². The average Bonchev–Trinajstić information content (AvgIpc) is 3.06. The molecule has 0 amide bonds. The number of hydrogen-bond donors (Lipinski definition) is 4. The zero-order valence-electron chi connectivity index (χ0n) is 33.5. The van der Waals surface area contributed by atoms with Crippen molar-refractivity contribution in [1.82, 2.24) is 0 Å². The fourth-order valence-corrected chi connectivity index (χ4v) is 5.15. The molecule has 52 heavy (non-hydrogen) atoms. The molecule has 1 fully saturated rings. The van der Waals surface area contributed by atoms with Crippen molar-refractivity contribution in [2.45, 2.75) is 138 Å². The SMILES string of the molecule is CC(C)=CCC/C(C)=C/C=C/C(C)=C/C=C/C(C)=C/C=C/C=C(C)/C=C/C=C(C)/C=C/C=C(\C)CCCC(C)(C)O[C@@H]1O[C@H](CO)[C@@H](O)C(O)C1O. The van der Waals surface area contributed by atoms with Crippen LogP contribution in [-0.4, -0.2) is 63.3 Å². The summed E-state index contributed by atoms with van der Waals surface area (Å²) in [5, 5.41) is 39.7. The fourth-order valence-electron chi connectivity index (χ4n) is 5.15. The van der Waals surface area contributed by atoms with Crippen LogP contribution in [0.15, 0.2) is 142 Å². The summed E-state index contributed by atoms with van der Waals surface area (Å²) in [5.41, 5.74) is 8.05. The summed E-state index contributed by atoms with van der Waals surface area (Å²) in [5.74, 6) is 0. The van der Waals surface area contributed by atoms with E-state index in [1.165, 1.54) is 27.9 Å². The number of hydrogen-bond acceptors (Lipinski definition) is 6. The summed E-state index contributed by atoms with van der Waals surface area (Å²) < 4.78 is 11.5. The van der Waals surface area contributed by atoms with Crippen LogP contribution in [0.2, 0.25) is 0 Å². The molecule has 0 saturated carbocycles. The van der Waals surface area contributed by atoms with Gasteiger partial charge in [-0.15, -0.1) is 0 Å². The molecule has 1 heterocycles. The molecule has 0 radical (unpaired) electrons. The summed E-state index contributed by atoms with van der Waals surface area (Å²) in [6, 6.07) is 0. The van der Waals surface area contributed by atoms with Crippen molar-refractivity contribution in [2.75, 3.05) is 6.61 Å². The van der Waals surface area contributed by atoms with Crippen molar-refractivity contribution in [3.05, 3.63) is 142 Å². The second-order valence-corrected chi connectivity index (χ2v) is 14.7. The molecule has 0 bridgehead atoms. The van der Waals surface area contributed by atoms with Crippen LogP contribution < -0.4 is 0 Å². The van der Waals surface area contributed by atoms with Crippen molar-refractivity contribution in [1.29, 1.82) is 0 Å². The maximum atomic E-state index is 10.3. The molecule has 5 atom stereocenters. The Labute approximate surface area is 315 Å². The topological polar surface area (TPSA) is 99.4 Å². The van der Waals surface area contributed by atoms with Gasteiger partial charge in [0.25, 0.3) is 0 Å². The molecule has 1 saturated heterocycles. The lowest BCUT2D eigenvalue weighted by molar-refractivity contribution is -0.323. The third kappa shape index (κ3) is 21.2. The third-order valence-electron chi connectivity index (χ3n) is 8.47. The van der Waals surface area contributed by atoms with Crippen molar-refractivity contribution in [3.63, 3.8) is 0 Å². The van der Waals surface area contributed by atoms with Crippen molar-refractivity contribution < 1.29 is 29.9 Å². The third-order valence-corrected chi connectivity index (χ3v) is 8.47. The predicted octanol–water partition coefficient (Wildman–Crippen LogP) is 9.96. The molecule has 1 rings (SSSR count). The van der Waals surface area contributed by atoms with E-state index < -0.39 is 42.9 Å². The molecular weight excluding hydrogens is 649 g/mol. The summed E-state index contributed by atoms with van der Waals surface area (Å²) in [7, 11) is 0. The second-order valence-electron chi connectivity index (χ2n) is 14.7. The first-order valence-electron chi connectivity index (χ1n) is 18.6. The average molecular weight is 717 g/mol. The molecule has 0 aromatic carbocycles. The lowest BCUT2D eigenvalue weighted by atomic mass is 9.96. The Morgan fingerprint density at radius 3 is 1.50 bits per heavy atom. The first kappa shape index (κ1) is 46.7. The quantitative estimate of drug-likeness (QED) is 0.0740. The molecule has 0 spiro atoms. The molecule has 1 aliphatic rings. The highest BCUT2D eigenvalue weighted by Crippen LogP contribution is 2.28. The molecule has 0 aliphatic carbocycles. The minimum Gasteiger partial charge on any atom is -0.394 e. The summed E-state index contributed by atoms with van der Waals surface area (Å²) in [6.07, 6.45) is 34.1. The molecule has 0 aromatic heterocycles. The van der Waals surface area contributed by atoms with Gasteiger partial charge in [-0.3, -0.25) is 0 Å². The molecule has 0 aromatic rings. The largest absolute Gasteiger partial charge is 0.394 e. The molecule has 288 valence electrons. The minimum absolute atomic E-state index is 0.480. The van der Waals surface area contributed by atoms with Crippen LogP contribution >= 0.6 is 0 Å². The Morgan fingerprint density at radius 1 is 0.596 bits per heavy atom. The first-order valence-corrected chi connectivity index (χ1v) is 18.6. The molecule has 6 nitrogen and oxygen atoms in total. The van der Waals surface area contributed by atoms with E-state index in [0.29, 0.717) is 6.42 Å². The van der Waals surface area contributed by atoms with Gasteiger partial charge in [0.1, 0.15) is 24.4 Å². The highest BCUT2D eigenvalue weighted by Gasteiger charge is 2.45. The van der Waals surface area contributed by atoms with E-state index in [2.05, 4.69) is 159 Å². The highest BCUT2D eigenvalue weighted by atomic mass is 16.7. The summed E-state index contributed by atoms with van der Waals surface area (Å²) >= 11 is 0. The van der Waals surface area contributed by atoms with E-state index in [4.69, 9.17) is 9.47 Å². The monoisotopic (exact) mass is 717 g/mol. The zero-order valence-corrected chi connectivity index (χ0v) is 33.5. The van der Waals surface area contributed by atoms with Crippen LogP contribution in [0.5, 0.6) is 0 Å². The summed E-state index contributed by atoms with van der Waals surface area (Å²) in [6.45, 7) is 20.2. The maximum absolute atomic E-state index is 10.3. The number of allylic oxidation sites excluding steroid dienone is 24. The summed E-state index contributed by atoms with van der Waals surface area (Å²) in [4.78, 5) is 0. The first-order chi connectivity index (χ1) is 24.5. The van der Waals surface area contributed by atoms with E-state index in [9.17, 15) is 20.4 Å². The van der Waals surface area contributed by atoms with E-state index in [-0.39, 0.29) is 0 Å². The van der Waals surface area contributed by atoms with E-state index in [1.54, 1.807) is 0 Å². The lowest BCUT2D eigenvalue weighted by Gasteiger charge is -2.42. The fraction of sp³-hybridized carbons (Fsp3) is 0.478. The Hall–Kier alpha value is -3.36. The van der Waals surface area contributed by atoms with Crippen LogP contribution in [-0.2, 0) is 9.47 Å². The molecule has 6 heteroatoms. The standard InChI is InChI=1S/C46H68O6/c1-34(2)19-13-22-37(5)25-16-28-38(6)26-14-23-35(3)20-11-12-21-36(4)24-15-27-39(7)29-17-30-40(8)31-18-32-46(9,10)52-45-44(50)43(49)42(48)41(33-47)51-45/h11-12,14-17,19-21,23-30,41-45,47-50H,13,18,22,31-33H2,1-10H3/b12-11+,23-14+,24-15+,28-16+,29-17+,35-20+,36-21+,37-25+,38-26+,39-27+,40-30+/t41-,42-,43?,44?,45+/m1/s1. The van der Waals surface area contributed by atoms with Gasteiger partial charge in [-0.1, -0.05) is 142 Å². The highest BCUT2D eigenvalue weighted by molar-refractivity contribution is 5.32. The Kier molecular flexibility index (Phi) is 23.0. The van der Waals surface area contributed by atoms with Gasteiger partial charge >= 0.3 is 0 Å². The van der Waals surface area contributed by atoms with Crippen LogP contribution in [0.25, 0.3) is 0 Å². The number of aliphatic hydroxyl groups is 4. The van der Waals surface area contributed by atoms with Crippen LogP contribution in [0.3, 0.4) is 0 Å². The van der Waals surface area contributed by atoms with Crippen LogP contribution in [0.4, 0.5) is 0 Å². The molecule has 4 N–H and O–H groups in total. The molecular formula is C46H68O6. The van der Waals surface area contributed by atoms with E-state index >= 15 is 0 Å². The number of rotatable bonds is 20. The van der Waals surface area contributed by atoms with Crippen molar-refractivity contribution >= 4 is 0 Å². The van der Waals surface area contributed by atoms with Crippen LogP contribution in [0, 0.1) is 0 Å². The molecule has 2 unspecified atom stereocenters. The van der Waals surface area contributed by atoms with E-state index in [0.717, 1.165) is 36.8 Å². The van der Waals surface area contributed by atoms with E-state index in [1.807, 2.05) is 13.8 Å². The van der Waals surface area contributed by atoms with Crippen molar-refractivity contribution in [3.8, 4) is 0 Å². The predicted molar refractivity (Wildman–Crippen MR) is 220 cm³/mol. The molecule has 1 aliphatic heterocycles. The smallest absolute Gasteiger partial charge is 0.187 e. The van der Waals surface area contributed by atoms with Gasteiger partial charge in [0.05, 0.1) is 12.2 Å². The van der Waals surface area contributed by atoms with Gasteiger partial charge in [0.2, 0.25) is 0 Å². The van der Waals surface area contributed by atoms with Gasteiger partial charge in [0.15, 0.2) is 6.29 Å². The number of ether oxygens (including phenoxy) is 2. The number of aliphatic hydroxyl groups excluding tert-OH is 4. The van der Waals surface area contributed by atoms with Gasteiger partial charge in [-0.2, -0.15) is 0 Å². The van der Waals surface area contributed by atoms with Gasteiger partial charge in [-0.25, -0.2) is 0 Å². The second kappa shape index (κ2) is 25.6. The van der Waals surface area contributed by atoms with Gasteiger partial charge < -0.3 is 29.9 Å².